The van der Waals surface area contributed by atoms with Gasteiger partial charge in [0.05, 0.1) is 24.1 Å². The summed E-state index contributed by atoms with van der Waals surface area (Å²) in [5.74, 6) is -1.81. The third-order valence-electron chi connectivity index (χ3n) is 4.76. The molecule has 7 nitrogen and oxygen atoms in total. The number of ether oxygens (including phenoxy) is 1. The average Bonchev–Trinajstić information content (AvgIpc) is 3.15. The van der Waals surface area contributed by atoms with E-state index in [4.69, 9.17) is 10.00 Å². The van der Waals surface area contributed by atoms with Crippen LogP contribution in [0.4, 0.5) is 11.4 Å². The molecule has 2 aromatic carbocycles. The molecule has 0 N–H and O–H groups in total. The number of amides is 2. The zero-order valence-corrected chi connectivity index (χ0v) is 17.7. The van der Waals surface area contributed by atoms with Crippen molar-refractivity contribution in [2.24, 2.45) is 5.92 Å². The van der Waals surface area contributed by atoms with E-state index in [9.17, 15) is 14.4 Å². The molecule has 0 aromatic heterocycles. The number of carbonyl (C=O) groups is 3. The lowest BCUT2D eigenvalue weighted by Crippen LogP contribution is -2.36. The molecule has 1 fully saturated rings. The number of halogens is 1. The topological polar surface area (TPSA) is 90.7 Å². The third-order valence-corrected chi connectivity index (χ3v) is 5.43. The fourth-order valence-electron chi connectivity index (χ4n) is 3.27. The highest BCUT2D eigenvalue weighted by Gasteiger charge is 2.37. The second-order valence-electron chi connectivity index (χ2n) is 6.75. The Hall–Kier alpha value is -3.18. The molecule has 1 heterocycles. The summed E-state index contributed by atoms with van der Waals surface area (Å²) in [6.45, 7) is -0.0429. The summed E-state index contributed by atoms with van der Waals surface area (Å²) < 4.78 is 5.99. The molecule has 0 aliphatic carbocycles. The minimum absolute atomic E-state index is 0.0329. The number of anilines is 2. The summed E-state index contributed by atoms with van der Waals surface area (Å²) in [7, 11) is 0. The predicted octanol–water partition coefficient (Wildman–Crippen LogP) is 3.29. The van der Waals surface area contributed by atoms with E-state index in [0.29, 0.717) is 11.4 Å². The first kappa shape index (κ1) is 21.5. The number of hydrogen-bond acceptors (Lipinski definition) is 5. The van der Waals surface area contributed by atoms with Crippen LogP contribution in [0.5, 0.6) is 0 Å². The smallest absolute Gasteiger partial charge is 0.311 e. The first-order chi connectivity index (χ1) is 14.5. The van der Waals surface area contributed by atoms with Crippen molar-refractivity contribution in [1.82, 2.24) is 0 Å². The van der Waals surface area contributed by atoms with Gasteiger partial charge in [0.15, 0.2) is 6.61 Å². The van der Waals surface area contributed by atoms with Crippen LogP contribution in [0.3, 0.4) is 0 Å². The van der Waals surface area contributed by atoms with Crippen molar-refractivity contribution < 1.29 is 19.1 Å². The first-order valence-electron chi connectivity index (χ1n) is 9.45. The summed E-state index contributed by atoms with van der Waals surface area (Å²) in [6.07, 6.45) is 0.192. The van der Waals surface area contributed by atoms with Gasteiger partial charge < -0.3 is 14.5 Å². The Kier molecular flexibility index (Phi) is 7.20. The molecule has 1 atom stereocenters. The maximum Gasteiger partial charge on any atom is 0.311 e. The lowest BCUT2D eigenvalue weighted by Gasteiger charge is -2.22. The fraction of sp³-hybridized carbons (Fsp3) is 0.273. The monoisotopic (exact) mass is 469 g/mol. The Balaban J connectivity index is 1.60. The number of rotatable bonds is 7. The van der Waals surface area contributed by atoms with Gasteiger partial charge >= 0.3 is 5.97 Å². The number of nitriles is 1. The van der Waals surface area contributed by atoms with E-state index in [1.54, 1.807) is 35.2 Å². The summed E-state index contributed by atoms with van der Waals surface area (Å²) in [6, 6.07) is 18.2. The third kappa shape index (κ3) is 5.05. The van der Waals surface area contributed by atoms with Gasteiger partial charge in [-0.25, -0.2) is 0 Å². The van der Waals surface area contributed by atoms with Crippen LogP contribution in [-0.2, 0) is 19.1 Å². The molecule has 3 rings (SSSR count). The van der Waals surface area contributed by atoms with Gasteiger partial charge in [-0.15, -0.1) is 0 Å². The predicted molar refractivity (Wildman–Crippen MR) is 115 cm³/mol. The maximum absolute atomic E-state index is 12.6. The van der Waals surface area contributed by atoms with Crippen molar-refractivity contribution in [3.63, 3.8) is 0 Å². The molecule has 2 aromatic rings. The number of hydrogen-bond donors (Lipinski definition) is 0. The Morgan fingerprint density at radius 2 is 1.87 bits per heavy atom. The summed E-state index contributed by atoms with van der Waals surface area (Å²) in [5, 5.41) is 8.86. The number of benzene rings is 2. The first-order valence-corrected chi connectivity index (χ1v) is 10.2. The largest absolute Gasteiger partial charge is 0.455 e. The van der Waals surface area contributed by atoms with E-state index in [1.807, 2.05) is 30.3 Å². The van der Waals surface area contributed by atoms with Gasteiger partial charge in [0, 0.05) is 29.7 Å². The van der Waals surface area contributed by atoms with Crippen molar-refractivity contribution in [3.8, 4) is 6.07 Å². The Morgan fingerprint density at radius 3 is 2.57 bits per heavy atom. The molecule has 1 unspecified atom stereocenters. The Morgan fingerprint density at radius 1 is 1.17 bits per heavy atom. The van der Waals surface area contributed by atoms with E-state index in [0.717, 1.165) is 4.47 Å². The van der Waals surface area contributed by atoms with Crippen LogP contribution in [0.15, 0.2) is 59.1 Å². The summed E-state index contributed by atoms with van der Waals surface area (Å²) in [4.78, 5) is 40.5. The number of esters is 1. The summed E-state index contributed by atoms with van der Waals surface area (Å²) >= 11 is 3.42. The number of para-hydroxylation sites is 2. The van der Waals surface area contributed by atoms with Crippen LogP contribution < -0.4 is 9.80 Å². The second-order valence-corrected chi connectivity index (χ2v) is 7.61. The van der Waals surface area contributed by atoms with E-state index < -0.39 is 24.4 Å². The highest BCUT2D eigenvalue weighted by molar-refractivity contribution is 9.10. The molecule has 154 valence electrons. The van der Waals surface area contributed by atoms with Crippen LogP contribution in [0.25, 0.3) is 0 Å². The van der Waals surface area contributed by atoms with Crippen molar-refractivity contribution in [1.29, 1.82) is 5.26 Å². The van der Waals surface area contributed by atoms with E-state index in [2.05, 4.69) is 15.9 Å². The van der Waals surface area contributed by atoms with Crippen LogP contribution in [0, 0.1) is 17.2 Å². The molecule has 0 saturated carbocycles. The SMILES string of the molecule is N#CCCN(C(=O)COC(=O)C1CC(=O)N(c2ccccc2Br)C1)c1ccccc1. The minimum Gasteiger partial charge on any atom is -0.455 e. The molecule has 1 aliphatic heterocycles. The van der Waals surface area contributed by atoms with Gasteiger partial charge in [-0.05, 0) is 40.2 Å². The lowest BCUT2D eigenvalue weighted by molar-refractivity contribution is -0.151. The maximum atomic E-state index is 12.6. The second kappa shape index (κ2) is 10.0. The van der Waals surface area contributed by atoms with Crippen LogP contribution in [0.1, 0.15) is 12.8 Å². The van der Waals surface area contributed by atoms with Crippen LogP contribution in [0.2, 0.25) is 0 Å². The zero-order chi connectivity index (χ0) is 21.5. The minimum atomic E-state index is -0.637. The quantitative estimate of drug-likeness (QED) is 0.580. The van der Waals surface area contributed by atoms with Crippen molar-refractivity contribution >= 4 is 45.1 Å². The average molecular weight is 470 g/mol. The van der Waals surface area contributed by atoms with Crippen molar-refractivity contribution in [2.45, 2.75) is 12.8 Å². The van der Waals surface area contributed by atoms with Gasteiger partial charge in [-0.1, -0.05) is 30.3 Å². The fourth-order valence-corrected chi connectivity index (χ4v) is 3.76. The van der Waals surface area contributed by atoms with Gasteiger partial charge in [-0.3, -0.25) is 14.4 Å². The zero-order valence-electron chi connectivity index (χ0n) is 16.2. The molecule has 8 heteroatoms. The normalized spacial score (nSPS) is 15.5. The lowest BCUT2D eigenvalue weighted by atomic mass is 10.1. The van der Waals surface area contributed by atoms with Crippen molar-refractivity contribution in [2.75, 3.05) is 29.5 Å². The van der Waals surface area contributed by atoms with E-state index in [1.165, 1.54) is 4.90 Å². The summed E-state index contributed by atoms with van der Waals surface area (Å²) in [5.41, 5.74) is 1.32. The standard InChI is InChI=1S/C22H20BrN3O4/c23-18-9-4-5-10-19(18)26-14-16(13-20(26)27)22(29)30-15-21(28)25(12-6-11-24)17-7-2-1-3-8-17/h1-5,7-10,16H,6,12-15H2. The van der Waals surface area contributed by atoms with Gasteiger partial charge in [0.1, 0.15) is 0 Å². The highest BCUT2D eigenvalue weighted by Crippen LogP contribution is 2.31. The molecule has 0 radical (unpaired) electrons. The van der Waals surface area contributed by atoms with Gasteiger partial charge in [0.2, 0.25) is 5.91 Å². The van der Waals surface area contributed by atoms with Crippen LogP contribution >= 0.6 is 15.9 Å². The highest BCUT2D eigenvalue weighted by atomic mass is 79.9. The molecule has 1 saturated heterocycles. The molecule has 30 heavy (non-hydrogen) atoms. The molecular formula is C22H20BrN3O4. The molecule has 0 spiro atoms. The molecule has 2 amide bonds. The van der Waals surface area contributed by atoms with Gasteiger partial charge in [0.25, 0.3) is 5.91 Å². The molecule has 0 bridgehead atoms. The van der Waals surface area contributed by atoms with Gasteiger partial charge in [-0.2, -0.15) is 5.26 Å². The van der Waals surface area contributed by atoms with Crippen molar-refractivity contribution in [3.05, 3.63) is 59.1 Å². The van der Waals surface area contributed by atoms with E-state index in [-0.39, 0.29) is 31.8 Å². The molecular weight excluding hydrogens is 450 g/mol. The Labute approximate surface area is 183 Å². The number of nitrogens with zero attached hydrogens (tertiary/aromatic N) is 3. The van der Waals surface area contributed by atoms with Crippen LogP contribution in [-0.4, -0.2) is 37.5 Å². The molecule has 1 aliphatic rings. The Bertz CT molecular complexity index is 974. The van der Waals surface area contributed by atoms with E-state index >= 15 is 0 Å². The number of carbonyl (C=O) groups excluding carboxylic acids is 3.